The molecule has 0 radical (unpaired) electrons. The molecule has 0 unspecified atom stereocenters. The smallest absolute Gasteiger partial charge is 0.406 e. The summed E-state index contributed by atoms with van der Waals surface area (Å²) in [6, 6.07) is 10.9. The molecule has 0 saturated heterocycles. The molecule has 3 nitrogen and oxygen atoms in total. The van der Waals surface area contributed by atoms with Crippen molar-refractivity contribution in [3.63, 3.8) is 0 Å². The number of benzene rings is 2. The zero-order chi connectivity index (χ0) is 16.9. The Morgan fingerprint density at radius 3 is 2.30 bits per heavy atom. The van der Waals surface area contributed by atoms with Crippen LogP contribution in [0.5, 0.6) is 5.75 Å². The van der Waals surface area contributed by atoms with Crippen molar-refractivity contribution in [3.05, 3.63) is 59.9 Å². The van der Waals surface area contributed by atoms with Gasteiger partial charge in [0.2, 0.25) is 5.91 Å². The van der Waals surface area contributed by atoms with E-state index in [2.05, 4.69) is 10.1 Å². The number of amides is 1. The monoisotopic (exact) mass is 327 g/mol. The SMILES string of the molecule is O=C(CCc1ccccc1F)Nc1ccc(OC(F)(F)F)cc1. The Kier molecular flexibility index (Phi) is 5.20. The predicted molar refractivity (Wildman–Crippen MR) is 76.5 cm³/mol. The van der Waals surface area contributed by atoms with Gasteiger partial charge in [0, 0.05) is 12.1 Å². The van der Waals surface area contributed by atoms with Gasteiger partial charge in [-0.3, -0.25) is 4.79 Å². The maximum atomic E-state index is 13.4. The van der Waals surface area contributed by atoms with Crippen LogP contribution in [0, 0.1) is 5.82 Å². The second kappa shape index (κ2) is 7.13. The van der Waals surface area contributed by atoms with Crippen LogP contribution in [-0.2, 0) is 11.2 Å². The van der Waals surface area contributed by atoms with Crippen LogP contribution >= 0.6 is 0 Å². The van der Waals surface area contributed by atoms with Crippen LogP contribution in [0.2, 0.25) is 0 Å². The Hall–Kier alpha value is -2.57. The number of carbonyl (C=O) groups is 1. The lowest BCUT2D eigenvalue weighted by Gasteiger charge is -2.10. The average Bonchev–Trinajstić information content (AvgIpc) is 2.47. The predicted octanol–water partition coefficient (Wildman–Crippen LogP) is 4.30. The highest BCUT2D eigenvalue weighted by atomic mass is 19.4. The van der Waals surface area contributed by atoms with Gasteiger partial charge in [-0.15, -0.1) is 13.2 Å². The van der Waals surface area contributed by atoms with Gasteiger partial charge in [-0.1, -0.05) is 18.2 Å². The second-order valence-electron chi connectivity index (χ2n) is 4.71. The number of aryl methyl sites for hydroxylation is 1. The van der Waals surface area contributed by atoms with E-state index in [1.165, 1.54) is 18.2 Å². The van der Waals surface area contributed by atoms with Crippen LogP contribution in [0.4, 0.5) is 23.2 Å². The first-order valence-electron chi connectivity index (χ1n) is 6.72. The molecule has 0 bridgehead atoms. The van der Waals surface area contributed by atoms with E-state index in [0.29, 0.717) is 11.3 Å². The lowest BCUT2D eigenvalue weighted by molar-refractivity contribution is -0.274. The standard InChI is InChI=1S/C16H13F4NO2/c17-14-4-2-1-3-11(14)5-10-15(22)21-12-6-8-13(9-7-12)23-16(18,19)20/h1-4,6-9H,5,10H2,(H,21,22). The number of rotatable bonds is 5. The molecular weight excluding hydrogens is 314 g/mol. The van der Waals surface area contributed by atoms with Gasteiger partial charge in [-0.2, -0.15) is 0 Å². The Bertz CT molecular complexity index is 669. The molecule has 2 aromatic carbocycles. The van der Waals surface area contributed by atoms with E-state index >= 15 is 0 Å². The Balaban J connectivity index is 1.87. The fourth-order valence-corrected chi connectivity index (χ4v) is 1.91. The highest BCUT2D eigenvalue weighted by Crippen LogP contribution is 2.24. The lowest BCUT2D eigenvalue weighted by Crippen LogP contribution is -2.17. The minimum atomic E-state index is -4.76. The summed E-state index contributed by atoms with van der Waals surface area (Å²) in [4.78, 5) is 11.8. The Morgan fingerprint density at radius 2 is 1.70 bits per heavy atom. The molecule has 0 aliphatic carbocycles. The van der Waals surface area contributed by atoms with E-state index in [1.807, 2.05) is 0 Å². The van der Waals surface area contributed by atoms with Crippen molar-refractivity contribution in [1.82, 2.24) is 0 Å². The van der Waals surface area contributed by atoms with Crippen molar-refractivity contribution < 1.29 is 27.1 Å². The van der Waals surface area contributed by atoms with Crippen LogP contribution < -0.4 is 10.1 Å². The van der Waals surface area contributed by atoms with E-state index < -0.39 is 6.36 Å². The normalized spacial score (nSPS) is 11.1. The van der Waals surface area contributed by atoms with E-state index in [1.54, 1.807) is 18.2 Å². The van der Waals surface area contributed by atoms with E-state index in [9.17, 15) is 22.4 Å². The second-order valence-corrected chi connectivity index (χ2v) is 4.71. The molecule has 0 aromatic heterocycles. The number of halogens is 4. The van der Waals surface area contributed by atoms with E-state index in [-0.39, 0.29) is 30.3 Å². The van der Waals surface area contributed by atoms with Crippen LogP contribution in [0.15, 0.2) is 48.5 Å². The fraction of sp³-hybridized carbons (Fsp3) is 0.188. The minimum Gasteiger partial charge on any atom is -0.406 e. The molecule has 7 heteroatoms. The number of ether oxygens (including phenoxy) is 1. The van der Waals surface area contributed by atoms with Gasteiger partial charge < -0.3 is 10.1 Å². The number of carbonyl (C=O) groups excluding carboxylic acids is 1. The topological polar surface area (TPSA) is 38.3 Å². The van der Waals surface area contributed by atoms with Gasteiger partial charge >= 0.3 is 6.36 Å². The van der Waals surface area contributed by atoms with E-state index in [4.69, 9.17) is 0 Å². The molecule has 2 aromatic rings. The number of alkyl halides is 3. The zero-order valence-corrected chi connectivity index (χ0v) is 11.9. The molecule has 1 amide bonds. The Morgan fingerprint density at radius 1 is 1.04 bits per heavy atom. The molecule has 0 fully saturated rings. The highest BCUT2D eigenvalue weighted by molar-refractivity contribution is 5.90. The third kappa shape index (κ3) is 5.61. The minimum absolute atomic E-state index is 0.0573. The lowest BCUT2D eigenvalue weighted by atomic mass is 10.1. The van der Waals surface area contributed by atoms with Crippen molar-refractivity contribution >= 4 is 11.6 Å². The first-order chi connectivity index (χ1) is 10.8. The largest absolute Gasteiger partial charge is 0.573 e. The summed E-state index contributed by atoms with van der Waals surface area (Å²) in [5.74, 6) is -1.12. The molecule has 122 valence electrons. The fourth-order valence-electron chi connectivity index (χ4n) is 1.91. The summed E-state index contributed by atoms with van der Waals surface area (Å²) in [5.41, 5.74) is 0.759. The van der Waals surface area contributed by atoms with Crippen molar-refractivity contribution in [2.24, 2.45) is 0 Å². The van der Waals surface area contributed by atoms with Gasteiger partial charge in [-0.25, -0.2) is 4.39 Å². The summed E-state index contributed by atoms with van der Waals surface area (Å²) in [6.07, 6.45) is -4.47. The van der Waals surface area contributed by atoms with Crippen LogP contribution in [0.3, 0.4) is 0 Å². The van der Waals surface area contributed by atoms with Crippen LogP contribution in [0.1, 0.15) is 12.0 Å². The van der Waals surface area contributed by atoms with Gasteiger partial charge in [0.25, 0.3) is 0 Å². The zero-order valence-electron chi connectivity index (χ0n) is 11.9. The summed E-state index contributed by atoms with van der Waals surface area (Å²) >= 11 is 0. The van der Waals surface area contributed by atoms with Crippen LogP contribution in [-0.4, -0.2) is 12.3 Å². The summed E-state index contributed by atoms with van der Waals surface area (Å²) in [5, 5.41) is 2.52. The van der Waals surface area contributed by atoms with Gasteiger partial charge in [0.05, 0.1) is 0 Å². The molecule has 0 spiro atoms. The van der Waals surface area contributed by atoms with Crippen molar-refractivity contribution in [3.8, 4) is 5.75 Å². The summed E-state index contributed by atoms with van der Waals surface area (Å²) < 4.78 is 53.2. The molecule has 0 saturated carbocycles. The third-order valence-corrected chi connectivity index (χ3v) is 2.95. The third-order valence-electron chi connectivity index (χ3n) is 2.95. The maximum Gasteiger partial charge on any atom is 0.573 e. The van der Waals surface area contributed by atoms with Crippen molar-refractivity contribution in [1.29, 1.82) is 0 Å². The number of nitrogens with one attached hydrogen (secondary N) is 1. The Labute approximate surface area is 129 Å². The van der Waals surface area contributed by atoms with Gasteiger partial charge in [-0.05, 0) is 42.3 Å². The van der Waals surface area contributed by atoms with Crippen LogP contribution in [0.25, 0.3) is 0 Å². The number of hydrogen-bond donors (Lipinski definition) is 1. The van der Waals surface area contributed by atoms with Crippen molar-refractivity contribution in [2.75, 3.05) is 5.32 Å². The van der Waals surface area contributed by atoms with Crippen molar-refractivity contribution in [2.45, 2.75) is 19.2 Å². The van der Waals surface area contributed by atoms with E-state index in [0.717, 1.165) is 12.1 Å². The number of hydrogen-bond acceptors (Lipinski definition) is 2. The van der Waals surface area contributed by atoms with Gasteiger partial charge in [0.1, 0.15) is 11.6 Å². The molecule has 2 rings (SSSR count). The molecule has 0 atom stereocenters. The molecule has 0 aliphatic rings. The number of anilines is 1. The molecule has 1 N–H and O–H groups in total. The first-order valence-corrected chi connectivity index (χ1v) is 6.72. The molecule has 23 heavy (non-hydrogen) atoms. The highest BCUT2D eigenvalue weighted by Gasteiger charge is 2.30. The molecule has 0 heterocycles. The maximum absolute atomic E-state index is 13.4. The summed E-state index contributed by atoms with van der Waals surface area (Å²) in [6.45, 7) is 0. The first kappa shape index (κ1) is 16.8. The summed E-state index contributed by atoms with van der Waals surface area (Å²) in [7, 11) is 0. The quantitative estimate of drug-likeness (QED) is 0.832. The average molecular weight is 327 g/mol. The van der Waals surface area contributed by atoms with Gasteiger partial charge in [0.15, 0.2) is 0 Å². The molecule has 0 aliphatic heterocycles. The molecular formula is C16H13F4NO2.